The summed E-state index contributed by atoms with van der Waals surface area (Å²) in [4.78, 5) is 20.4. The third-order valence-electron chi connectivity index (χ3n) is 3.11. The molecule has 1 heterocycles. The molecule has 0 radical (unpaired) electrons. The lowest BCUT2D eigenvalue weighted by Crippen LogP contribution is -2.25. The molecular weight excluding hydrogens is 316 g/mol. The molecule has 0 atom stereocenters. The van der Waals surface area contributed by atoms with E-state index in [1.165, 1.54) is 6.20 Å². The molecule has 0 aliphatic rings. The van der Waals surface area contributed by atoms with Gasteiger partial charge >= 0.3 is 0 Å². The van der Waals surface area contributed by atoms with Crippen molar-refractivity contribution in [3.63, 3.8) is 0 Å². The number of anilines is 2. The van der Waals surface area contributed by atoms with Gasteiger partial charge in [0.2, 0.25) is 5.95 Å². The molecule has 0 aliphatic carbocycles. The number of hydrogen-bond acceptors (Lipinski definition) is 5. The summed E-state index contributed by atoms with van der Waals surface area (Å²) in [5.41, 5.74) is 0.933. The largest absolute Gasteiger partial charge is 0.495 e. The Balaban J connectivity index is 2.14. The number of halogens is 1. The van der Waals surface area contributed by atoms with Gasteiger partial charge in [0.1, 0.15) is 11.4 Å². The van der Waals surface area contributed by atoms with Gasteiger partial charge in [0, 0.05) is 17.8 Å². The maximum atomic E-state index is 12.0. The van der Waals surface area contributed by atoms with Crippen molar-refractivity contribution in [2.24, 2.45) is 0 Å². The number of ether oxygens (including phenoxy) is 1. The van der Waals surface area contributed by atoms with E-state index >= 15 is 0 Å². The van der Waals surface area contributed by atoms with Crippen molar-refractivity contribution in [2.45, 2.75) is 19.8 Å². The van der Waals surface area contributed by atoms with Gasteiger partial charge in [0.05, 0.1) is 12.8 Å². The molecule has 122 valence electrons. The van der Waals surface area contributed by atoms with Crippen LogP contribution in [0, 0.1) is 0 Å². The molecule has 1 aromatic carbocycles. The van der Waals surface area contributed by atoms with E-state index in [1.54, 1.807) is 31.4 Å². The number of nitrogens with zero attached hydrogens (tertiary/aromatic N) is 2. The standard InChI is InChI=1S/C16H19ClN4O2/c1-3-4-8-18-15(22)12-7-9-19-16(20-12)21-13-10-11(17)5-6-14(13)23-2/h5-7,9-10H,3-4,8H2,1-2H3,(H,18,22)(H,19,20,21). The summed E-state index contributed by atoms with van der Waals surface area (Å²) in [6.07, 6.45) is 3.48. The van der Waals surface area contributed by atoms with Crippen LogP contribution in [0.2, 0.25) is 5.02 Å². The second-order valence-electron chi connectivity index (χ2n) is 4.84. The van der Waals surface area contributed by atoms with Crippen LogP contribution in [-0.2, 0) is 0 Å². The SMILES string of the molecule is CCCCNC(=O)c1ccnc(Nc2cc(Cl)ccc2OC)n1. The average molecular weight is 335 g/mol. The number of methoxy groups -OCH3 is 1. The minimum atomic E-state index is -0.220. The first kappa shape index (κ1) is 17.0. The Bertz CT molecular complexity index is 679. The molecule has 7 heteroatoms. The molecular formula is C16H19ClN4O2. The number of hydrogen-bond donors (Lipinski definition) is 2. The highest BCUT2D eigenvalue weighted by Crippen LogP contribution is 2.29. The summed E-state index contributed by atoms with van der Waals surface area (Å²) in [6.45, 7) is 2.70. The summed E-state index contributed by atoms with van der Waals surface area (Å²) in [7, 11) is 1.56. The molecule has 2 N–H and O–H groups in total. The van der Waals surface area contributed by atoms with Gasteiger partial charge in [-0.15, -0.1) is 0 Å². The Kier molecular flexibility index (Phi) is 6.17. The zero-order chi connectivity index (χ0) is 16.7. The zero-order valence-electron chi connectivity index (χ0n) is 13.1. The van der Waals surface area contributed by atoms with Crippen molar-refractivity contribution < 1.29 is 9.53 Å². The molecule has 1 amide bonds. The lowest BCUT2D eigenvalue weighted by Gasteiger charge is -2.11. The minimum absolute atomic E-state index is 0.220. The normalized spacial score (nSPS) is 10.2. The van der Waals surface area contributed by atoms with Gasteiger partial charge in [-0.3, -0.25) is 4.79 Å². The van der Waals surface area contributed by atoms with E-state index in [4.69, 9.17) is 16.3 Å². The average Bonchev–Trinajstić information content (AvgIpc) is 2.55. The molecule has 6 nitrogen and oxygen atoms in total. The van der Waals surface area contributed by atoms with E-state index in [-0.39, 0.29) is 5.91 Å². The molecule has 23 heavy (non-hydrogen) atoms. The lowest BCUT2D eigenvalue weighted by molar-refractivity contribution is 0.0948. The molecule has 1 aromatic heterocycles. The topological polar surface area (TPSA) is 76.1 Å². The number of unbranched alkanes of at least 4 members (excludes halogenated alkanes) is 1. The Hall–Kier alpha value is -2.34. The maximum absolute atomic E-state index is 12.0. The maximum Gasteiger partial charge on any atom is 0.270 e. The summed E-state index contributed by atoms with van der Waals surface area (Å²) in [5.74, 6) is 0.687. The fourth-order valence-electron chi connectivity index (χ4n) is 1.91. The van der Waals surface area contributed by atoms with Crippen molar-refractivity contribution in [1.29, 1.82) is 0 Å². The van der Waals surface area contributed by atoms with E-state index in [1.807, 2.05) is 0 Å². The van der Waals surface area contributed by atoms with Gasteiger partial charge in [-0.25, -0.2) is 9.97 Å². The highest BCUT2D eigenvalue weighted by atomic mass is 35.5. The number of carbonyl (C=O) groups is 1. The number of benzene rings is 1. The molecule has 2 aromatic rings. The molecule has 0 unspecified atom stereocenters. The monoisotopic (exact) mass is 334 g/mol. The first-order valence-electron chi connectivity index (χ1n) is 7.36. The van der Waals surface area contributed by atoms with Crippen LogP contribution in [-0.4, -0.2) is 29.5 Å². The summed E-state index contributed by atoms with van der Waals surface area (Å²) in [5, 5.41) is 6.39. The van der Waals surface area contributed by atoms with Crippen LogP contribution in [0.25, 0.3) is 0 Å². The quantitative estimate of drug-likeness (QED) is 0.759. The fourth-order valence-corrected chi connectivity index (χ4v) is 2.09. The van der Waals surface area contributed by atoms with Crippen LogP contribution in [0.5, 0.6) is 5.75 Å². The van der Waals surface area contributed by atoms with Gasteiger partial charge in [-0.2, -0.15) is 0 Å². The Morgan fingerprint density at radius 1 is 1.35 bits per heavy atom. The molecule has 0 aliphatic heterocycles. The van der Waals surface area contributed by atoms with Gasteiger partial charge in [0.25, 0.3) is 5.91 Å². The van der Waals surface area contributed by atoms with E-state index in [2.05, 4.69) is 27.5 Å². The Labute approximate surface area is 140 Å². The number of rotatable bonds is 7. The van der Waals surface area contributed by atoms with Crippen molar-refractivity contribution in [3.05, 3.63) is 41.2 Å². The van der Waals surface area contributed by atoms with Crippen LogP contribution in [0.4, 0.5) is 11.6 Å². The number of amides is 1. The number of nitrogens with one attached hydrogen (secondary N) is 2. The Morgan fingerprint density at radius 3 is 2.91 bits per heavy atom. The summed E-state index contributed by atoms with van der Waals surface area (Å²) < 4.78 is 5.26. The third-order valence-corrected chi connectivity index (χ3v) is 3.35. The van der Waals surface area contributed by atoms with Crippen LogP contribution in [0.15, 0.2) is 30.5 Å². The molecule has 0 fully saturated rings. The van der Waals surface area contributed by atoms with Crippen molar-refractivity contribution in [2.75, 3.05) is 19.0 Å². The smallest absolute Gasteiger partial charge is 0.270 e. The van der Waals surface area contributed by atoms with E-state index in [0.717, 1.165) is 12.8 Å². The summed E-state index contributed by atoms with van der Waals surface area (Å²) in [6, 6.07) is 6.75. The highest BCUT2D eigenvalue weighted by molar-refractivity contribution is 6.31. The molecule has 2 rings (SSSR count). The van der Waals surface area contributed by atoms with Crippen LogP contribution >= 0.6 is 11.6 Å². The fraction of sp³-hybridized carbons (Fsp3) is 0.312. The zero-order valence-corrected chi connectivity index (χ0v) is 13.9. The van der Waals surface area contributed by atoms with Crippen LogP contribution < -0.4 is 15.4 Å². The molecule has 0 spiro atoms. The van der Waals surface area contributed by atoms with Crippen LogP contribution in [0.3, 0.4) is 0 Å². The molecule has 0 bridgehead atoms. The van der Waals surface area contributed by atoms with Crippen molar-refractivity contribution in [1.82, 2.24) is 15.3 Å². The molecule has 0 saturated carbocycles. The minimum Gasteiger partial charge on any atom is -0.495 e. The van der Waals surface area contributed by atoms with Gasteiger partial charge in [-0.05, 0) is 30.7 Å². The first-order chi connectivity index (χ1) is 11.1. The van der Waals surface area contributed by atoms with Crippen LogP contribution in [0.1, 0.15) is 30.3 Å². The van der Waals surface area contributed by atoms with E-state index in [9.17, 15) is 4.79 Å². The van der Waals surface area contributed by atoms with Gasteiger partial charge < -0.3 is 15.4 Å². The highest BCUT2D eigenvalue weighted by Gasteiger charge is 2.10. The predicted molar refractivity (Wildman–Crippen MR) is 90.6 cm³/mol. The van der Waals surface area contributed by atoms with Crippen molar-refractivity contribution in [3.8, 4) is 5.75 Å². The first-order valence-corrected chi connectivity index (χ1v) is 7.73. The van der Waals surface area contributed by atoms with E-state index < -0.39 is 0 Å². The lowest BCUT2D eigenvalue weighted by atomic mass is 10.3. The number of carbonyl (C=O) groups excluding carboxylic acids is 1. The molecule has 0 saturated heterocycles. The van der Waals surface area contributed by atoms with E-state index in [0.29, 0.717) is 34.6 Å². The van der Waals surface area contributed by atoms with Gasteiger partial charge in [0.15, 0.2) is 0 Å². The second-order valence-corrected chi connectivity index (χ2v) is 5.28. The summed E-state index contributed by atoms with van der Waals surface area (Å²) >= 11 is 5.99. The second kappa shape index (κ2) is 8.33. The Morgan fingerprint density at radius 2 is 2.17 bits per heavy atom. The predicted octanol–water partition coefficient (Wildman–Crippen LogP) is 3.41. The van der Waals surface area contributed by atoms with Crippen molar-refractivity contribution >= 4 is 29.1 Å². The third kappa shape index (κ3) is 4.82. The van der Waals surface area contributed by atoms with Gasteiger partial charge in [-0.1, -0.05) is 24.9 Å². The number of aromatic nitrogens is 2.